The van der Waals surface area contributed by atoms with Crippen molar-refractivity contribution in [2.45, 2.75) is 49.3 Å². The Morgan fingerprint density at radius 2 is 1.97 bits per heavy atom. The summed E-state index contributed by atoms with van der Waals surface area (Å²) in [6, 6.07) is 9.64. The van der Waals surface area contributed by atoms with Crippen LogP contribution in [-0.4, -0.2) is 43.7 Å². The number of ether oxygens (including phenoxy) is 1. The van der Waals surface area contributed by atoms with Crippen molar-refractivity contribution in [3.05, 3.63) is 58.9 Å². The number of thioether (sulfide) groups is 1. The van der Waals surface area contributed by atoms with Gasteiger partial charge < -0.3 is 14.7 Å². The molecule has 0 spiro atoms. The first kappa shape index (κ1) is 27.9. The van der Waals surface area contributed by atoms with Gasteiger partial charge in [-0.05, 0) is 37.3 Å². The molecule has 196 valence electrons. The molecule has 1 aliphatic heterocycles. The molecule has 36 heavy (non-hydrogen) atoms. The van der Waals surface area contributed by atoms with Crippen LogP contribution < -0.4 is 9.64 Å². The Hall–Kier alpha value is -2.73. The highest BCUT2D eigenvalue weighted by molar-refractivity contribution is 8.24. The molecular weight excluding hydrogens is 504 g/mol. The van der Waals surface area contributed by atoms with Crippen molar-refractivity contribution in [3.63, 3.8) is 0 Å². The van der Waals surface area contributed by atoms with E-state index in [4.69, 9.17) is 9.84 Å². The number of rotatable bonds is 10. The second kappa shape index (κ2) is 11.5. The number of aliphatic carboxylic acids is 1. The lowest BCUT2D eigenvalue weighted by Crippen LogP contribution is -2.37. The van der Waals surface area contributed by atoms with Gasteiger partial charge in [-0.25, -0.2) is 4.79 Å². The van der Waals surface area contributed by atoms with Crippen molar-refractivity contribution in [2.75, 3.05) is 23.5 Å². The van der Waals surface area contributed by atoms with Crippen molar-refractivity contribution in [1.29, 1.82) is 0 Å². The minimum atomic E-state index is -3.26. The van der Waals surface area contributed by atoms with Crippen molar-refractivity contribution in [3.8, 4) is 5.75 Å². The zero-order chi connectivity index (χ0) is 26.5. The van der Waals surface area contributed by atoms with Gasteiger partial charge in [0.25, 0.3) is 5.69 Å². The first-order valence-electron chi connectivity index (χ1n) is 11.6. The number of anilines is 2. The van der Waals surface area contributed by atoms with E-state index in [1.54, 1.807) is 18.2 Å². The highest BCUT2D eigenvalue weighted by Gasteiger charge is 2.42. The number of nitrogens with zero attached hydrogens (tertiary/aromatic N) is 2. The first-order chi connectivity index (χ1) is 17.1. The fraction of sp³-hybridized carbons (Fsp3) is 0.400. The van der Waals surface area contributed by atoms with E-state index in [0.29, 0.717) is 33.5 Å². The number of benzene rings is 2. The molecule has 9 nitrogen and oxygen atoms in total. The third-order valence-corrected chi connectivity index (χ3v) is 9.28. The van der Waals surface area contributed by atoms with Crippen molar-refractivity contribution >= 4 is 45.4 Å². The maximum absolute atomic E-state index is 11.5. The largest absolute Gasteiger partial charge is 0.478 e. The lowest BCUT2D eigenvalue weighted by Gasteiger charge is -2.41. The number of carbonyl (C=O) groups is 1. The first-order valence-corrected chi connectivity index (χ1v) is 14.6. The molecule has 1 unspecified atom stereocenters. The minimum absolute atomic E-state index is 0.0235. The Morgan fingerprint density at radius 3 is 2.53 bits per heavy atom. The third kappa shape index (κ3) is 6.15. The average Bonchev–Trinajstić information content (AvgIpc) is 2.94. The van der Waals surface area contributed by atoms with Gasteiger partial charge in [-0.15, -0.1) is 11.8 Å². The van der Waals surface area contributed by atoms with Crippen LogP contribution in [0.25, 0.3) is 0 Å². The van der Waals surface area contributed by atoms with Gasteiger partial charge in [0.1, 0.15) is 5.75 Å². The van der Waals surface area contributed by atoms with E-state index in [0.717, 1.165) is 38.0 Å². The maximum atomic E-state index is 11.5. The fourth-order valence-corrected chi connectivity index (χ4v) is 7.26. The summed E-state index contributed by atoms with van der Waals surface area (Å²) in [5.74, 6) is -0.664. The maximum Gasteiger partial charge on any atom is 0.331 e. The average molecular weight is 537 g/mol. The molecular formula is C25H32N2O7S2. The summed E-state index contributed by atoms with van der Waals surface area (Å²) < 4.78 is 28.6. The number of nitro benzene ring substituents is 1. The van der Waals surface area contributed by atoms with Gasteiger partial charge in [0.05, 0.1) is 32.7 Å². The predicted molar refractivity (Wildman–Crippen MR) is 144 cm³/mol. The standard InChI is InChI=1S/C25H32N2O7S2/c1-4-6-12-25(5-2)16-26(18-7-9-19(10-8-18)27(30)31)20-14-22(35-3)21(34-13-11-24(28)29)15-23(20)36(32,33)17-25/h7-11,13-15,32-33H,4-6,12,16-17H2,1-3H3,(H,28,29)/b13-11+. The summed E-state index contributed by atoms with van der Waals surface area (Å²) in [6.45, 7) is 4.66. The molecule has 1 heterocycles. The summed E-state index contributed by atoms with van der Waals surface area (Å²) in [5.41, 5.74) is 0.873. The number of nitro groups is 1. The molecule has 2 aromatic carbocycles. The molecule has 0 saturated heterocycles. The number of fused-ring (bicyclic) bond motifs is 1. The van der Waals surface area contributed by atoms with Crippen LogP contribution in [0, 0.1) is 15.5 Å². The molecule has 0 fully saturated rings. The van der Waals surface area contributed by atoms with Gasteiger partial charge in [-0.2, -0.15) is 10.6 Å². The lowest BCUT2D eigenvalue weighted by molar-refractivity contribution is -0.384. The number of hydrogen-bond acceptors (Lipinski definition) is 8. The highest BCUT2D eigenvalue weighted by Crippen LogP contribution is 2.62. The van der Waals surface area contributed by atoms with Crippen LogP contribution in [0.3, 0.4) is 0 Å². The molecule has 0 bridgehead atoms. The van der Waals surface area contributed by atoms with E-state index < -0.39 is 26.9 Å². The van der Waals surface area contributed by atoms with Gasteiger partial charge in [-0.3, -0.25) is 19.2 Å². The second-order valence-electron chi connectivity index (χ2n) is 8.86. The van der Waals surface area contributed by atoms with Crippen LogP contribution in [0.1, 0.15) is 39.5 Å². The van der Waals surface area contributed by atoms with Crippen LogP contribution in [0.4, 0.5) is 17.1 Å². The molecule has 0 aromatic heterocycles. The zero-order valence-electron chi connectivity index (χ0n) is 20.5. The van der Waals surface area contributed by atoms with Crippen molar-refractivity contribution in [2.24, 2.45) is 5.41 Å². The molecule has 11 heteroatoms. The van der Waals surface area contributed by atoms with E-state index in [1.165, 1.54) is 23.9 Å². The zero-order valence-corrected chi connectivity index (χ0v) is 22.2. The van der Waals surface area contributed by atoms with E-state index >= 15 is 0 Å². The third-order valence-electron chi connectivity index (χ3n) is 6.48. The summed E-state index contributed by atoms with van der Waals surface area (Å²) in [5, 5.41) is 20.1. The molecule has 0 radical (unpaired) electrons. The van der Waals surface area contributed by atoms with E-state index in [2.05, 4.69) is 6.92 Å². The summed E-state index contributed by atoms with van der Waals surface area (Å²) in [4.78, 5) is 24.7. The van der Waals surface area contributed by atoms with E-state index in [-0.39, 0.29) is 11.4 Å². The van der Waals surface area contributed by atoms with E-state index in [1.807, 2.05) is 24.1 Å². The summed E-state index contributed by atoms with van der Waals surface area (Å²) >= 11 is 1.38. The lowest BCUT2D eigenvalue weighted by atomic mass is 9.81. The van der Waals surface area contributed by atoms with Gasteiger partial charge in [0, 0.05) is 41.6 Å². The molecule has 1 aliphatic rings. The Kier molecular flexibility index (Phi) is 8.93. The Labute approximate surface area is 216 Å². The summed E-state index contributed by atoms with van der Waals surface area (Å²) in [6.07, 6.45) is 7.18. The monoisotopic (exact) mass is 536 g/mol. The SMILES string of the molecule is CCCCC1(CC)CN(c2ccc([N+](=O)[O-])cc2)c2cc(SC)c(O/C=C/C(=O)O)cc2S(O)(O)C1. The number of carboxylic acids is 1. The fourth-order valence-electron chi connectivity index (χ4n) is 4.47. The smallest absolute Gasteiger partial charge is 0.331 e. The predicted octanol–water partition coefficient (Wildman–Crippen LogP) is 7.14. The number of carboxylic acid groups (broad SMARTS) is 1. The number of non-ortho nitro benzene ring substituents is 1. The minimum Gasteiger partial charge on any atom is -0.478 e. The van der Waals surface area contributed by atoms with Crippen LogP contribution in [-0.2, 0) is 4.79 Å². The van der Waals surface area contributed by atoms with Gasteiger partial charge >= 0.3 is 5.97 Å². The quantitative estimate of drug-likeness (QED) is 0.0952. The van der Waals surface area contributed by atoms with Gasteiger partial charge in [0.2, 0.25) is 0 Å². The molecule has 3 N–H and O–H groups in total. The van der Waals surface area contributed by atoms with Gasteiger partial charge in [-0.1, -0.05) is 26.7 Å². The topological polar surface area (TPSA) is 133 Å². The molecule has 1 atom stereocenters. The van der Waals surface area contributed by atoms with Crippen LogP contribution in [0.5, 0.6) is 5.75 Å². The Morgan fingerprint density at radius 1 is 1.28 bits per heavy atom. The molecule has 2 aromatic rings. The van der Waals surface area contributed by atoms with Crippen LogP contribution in [0.2, 0.25) is 0 Å². The van der Waals surface area contributed by atoms with Crippen LogP contribution in [0.15, 0.2) is 58.5 Å². The number of unbranched alkanes of at least 4 members (excludes halogenated alkanes) is 1. The second-order valence-corrected chi connectivity index (χ2v) is 11.8. The van der Waals surface area contributed by atoms with Gasteiger partial charge in [0.15, 0.2) is 0 Å². The van der Waals surface area contributed by atoms with Crippen molar-refractivity contribution < 1.29 is 28.7 Å². The molecule has 0 saturated carbocycles. The molecule has 3 rings (SSSR count). The van der Waals surface area contributed by atoms with Crippen LogP contribution >= 0.6 is 22.4 Å². The molecule has 0 amide bonds. The van der Waals surface area contributed by atoms with Crippen molar-refractivity contribution in [1.82, 2.24) is 0 Å². The Balaban J connectivity index is 2.22. The summed E-state index contributed by atoms with van der Waals surface area (Å²) in [7, 11) is -3.26. The van der Waals surface area contributed by atoms with E-state index in [9.17, 15) is 24.0 Å². The normalized spacial score (nSPS) is 20.0. The highest BCUT2D eigenvalue weighted by atomic mass is 32.3. The number of hydrogen-bond donors (Lipinski definition) is 3. The molecule has 0 aliphatic carbocycles. The Bertz CT molecular complexity index is 1140.